The second kappa shape index (κ2) is 7.78. The fourth-order valence-electron chi connectivity index (χ4n) is 1.70. The van der Waals surface area contributed by atoms with Crippen LogP contribution in [0.25, 0.3) is 0 Å². The Morgan fingerprint density at radius 3 is 2.43 bits per heavy atom. The third-order valence-corrected chi connectivity index (χ3v) is 3.25. The molecule has 5 heteroatoms. The molecule has 0 aliphatic heterocycles. The topological polar surface area (TPSA) is 42.2 Å². The van der Waals surface area contributed by atoms with Crippen LogP contribution in [-0.2, 0) is 0 Å². The van der Waals surface area contributed by atoms with Gasteiger partial charge in [-0.05, 0) is 24.3 Å². The standard InChI is InChI=1S/C16H13Cl2NO2/c17-13-6-7-14(18)16(10-13)21-9-3-8-20-15-5-2-1-4-12(15)11-19/h1-2,4-7,10H,3,8-9H2. The van der Waals surface area contributed by atoms with Gasteiger partial charge in [-0.1, -0.05) is 35.3 Å². The van der Waals surface area contributed by atoms with Crippen LogP contribution in [0.3, 0.4) is 0 Å². The molecule has 0 saturated carbocycles. The van der Waals surface area contributed by atoms with Crippen molar-refractivity contribution in [1.82, 2.24) is 0 Å². The van der Waals surface area contributed by atoms with E-state index in [2.05, 4.69) is 6.07 Å². The zero-order chi connectivity index (χ0) is 15.1. The predicted octanol–water partition coefficient (Wildman–Crippen LogP) is 4.71. The minimum atomic E-state index is 0.453. The van der Waals surface area contributed by atoms with E-state index in [0.29, 0.717) is 46.7 Å². The minimum absolute atomic E-state index is 0.453. The number of ether oxygens (including phenoxy) is 2. The van der Waals surface area contributed by atoms with E-state index in [4.69, 9.17) is 37.9 Å². The molecular weight excluding hydrogens is 309 g/mol. The van der Waals surface area contributed by atoms with Crippen LogP contribution in [0.2, 0.25) is 10.0 Å². The molecule has 0 N–H and O–H groups in total. The van der Waals surface area contributed by atoms with E-state index in [1.807, 2.05) is 6.07 Å². The van der Waals surface area contributed by atoms with Crippen molar-refractivity contribution in [1.29, 1.82) is 5.26 Å². The molecule has 2 rings (SSSR count). The number of rotatable bonds is 6. The number of halogens is 2. The molecule has 0 aliphatic carbocycles. The summed E-state index contributed by atoms with van der Waals surface area (Å²) in [5, 5.41) is 10.0. The van der Waals surface area contributed by atoms with Crippen LogP contribution in [0.5, 0.6) is 11.5 Å². The van der Waals surface area contributed by atoms with Crippen molar-refractivity contribution < 1.29 is 9.47 Å². The summed E-state index contributed by atoms with van der Waals surface area (Å²) in [6, 6.07) is 14.3. The van der Waals surface area contributed by atoms with Crippen molar-refractivity contribution in [3.05, 3.63) is 58.1 Å². The highest BCUT2D eigenvalue weighted by atomic mass is 35.5. The molecular formula is C16H13Cl2NO2. The normalized spacial score (nSPS) is 9.95. The Labute approximate surface area is 133 Å². The van der Waals surface area contributed by atoms with Gasteiger partial charge in [-0.3, -0.25) is 0 Å². The van der Waals surface area contributed by atoms with Crippen LogP contribution >= 0.6 is 23.2 Å². The largest absolute Gasteiger partial charge is 0.492 e. The Bertz CT molecular complexity index is 653. The molecule has 0 unspecified atom stereocenters. The molecule has 2 aromatic rings. The van der Waals surface area contributed by atoms with Crippen molar-refractivity contribution in [2.24, 2.45) is 0 Å². The lowest BCUT2D eigenvalue weighted by molar-refractivity contribution is 0.247. The Balaban J connectivity index is 1.78. The first kappa shape index (κ1) is 15.5. The Hall–Kier alpha value is -1.89. The third-order valence-electron chi connectivity index (χ3n) is 2.70. The quantitative estimate of drug-likeness (QED) is 0.723. The van der Waals surface area contributed by atoms with Gasteiger partial charge >= 0.3 is 0 Å². The maximum atomic E-state index is 8.94. The van der Waals surface area contributed by atoms with E-state index >= 15 is 0 Å². The van der Waals surface area contributed by atoms with Gasteiger partial charge in [-0.15, -0.1) is 0 Å². The fraction of sp³-hybridized carbons (Fsp3) is 0.188. The summed E-state index contributed by atoms with van der Waals surface area (Å²) >= 11 is 11.9. The van der Waals surface area contributed by atoms with Crippen molar-refractivity contribution in [2.45, 2.75) is 6.42 Å². The summed E-state index contributed by atoms with van der Waals surface area (Å²) in [7, 11) is 0. The van der Waals surface area contributed by atoms with Gasteiger partial charge in [-0.2, -0.15) is 5.26 Å². The van der Waals surface area contributed by atoms with Crippen LogP contribution in [0.1, 0.15) is 12.0 Å². The molecule has 0 aliphatic rings. The first-order valence-electron chi connectivity index (χ1n) is 6.40. The average molecular weight is 322 g/mol. The van der Waals surface area contributed by atoms with Gasteiger partial charge in [-0.25, -0.2) is 0 Å². The Morgan fingerprint density at radius 2 is 1.67 bits per heavy atom. The SMILES string of the molecule is N#Cc1ccccc1OCCCOc1cc(Cl)ccc1Cl. The summed E-state index contributed by atoms with van der Waals surface area (Å²) in [6.07, 6.45) is 0.669. The van der Waals surface area contributed by atoms with E-state index in [1.165, 1.54) is 0 Å². The van der Waals surface area contributed by atoms with E-state index in [1.54, 1.807) is 36.4 Å². The molecule has 0 amide bonds. The van der Waals surface area contributed by atoms with Gasteiger partial charge in [0.05, 0.1) is 23.8 Å². The van der Waals surface area contributed by atoms with E-state index in [9.17, 15) is 0 Å². The number of nitrogens with zero attached hydrogens (tertiary/aromatic N) is 1. The molecule has 3 nitrogen and oxygen atoms in total. The molecule has 0 atom stereocenters. The molecule has 108 valence electrons. The van der Waals surface area contributed by atoms with Crippen molar-refractivity contribution >= 4 is 23.2 Å². The number of hydrogen-bond acceptors (Lipinski definition) is 3. The molecule has 21 heavy (non-hydrogen) atoms. The number of para-hydroxylation sites is 1. The van der Waals surface area contributed by atoms with Gasteiger partial charge in [0, 0.05) is 17.5 Å². The summed E-state index contributed by atoms with van der Waals surface area (Å²) in [6.45, 7) is 0.908. The zero-order valence-electron chi connectivity index (χ0n) is 11.2. The lowest BCUT2D eigenvalue weighted by Crippen LogP contribution is -2.05. The summed E-state index contributed by atoms with van der Waals surface area (Å²) < 4.78 is 11.1. The maximum absolute atomic E-state index is 8.94. The van der Waals surface area contributed by atoms with Crippen LogP contribution in [0.4, 0.5) is 0 Å². The maximum Gasteiger partial charge on any atom is 0.139 e. The van der Waals surface area contributed by atoms with Gasteiger partial charge in [0.2, 0.25) is 0 Å². The summed E-state index contributed by atoms with van der Waals surface area (Å²) in [4.78, 5) is 0. The smallest absolute Gasteiger partial charge is 0.139 e. The molecule has 0 heterocycles. The Kier molecular flexibility index (Phi) is 5.74. The zero-order valence-corrected chi connectivity index (χ0v) is 12.7. The van der Waals surface area contributed by atoms with Gasteiger partial charge in [0.25, 0.3) is 0 Å². The molecule has 0 aromatic heterocycles. The molecule has 0 fully saturated rings. The fourth-order valence-corrected chi connectivity index (χ4v) is 2.03. The number of nitriles is 1. The Morgan fingerprint density at radius 1 is 0.952 bits per heavy atom. The van der Waals surface area contributed by atoms with Gasteiger partial charge in [0.1, 0.15) is 17.6 Å². The lowest BCUT2D eigenvalue weighted by Gasteiger charge is -2.10. The molecule has 0 saturated heterocycles. The van der Waals surface area contributed by atoms with E-state index in [0.717, 1.165) is 0 Å². The minimum Gasteiger partial charge on any atom is -0.492 e. The number of benzene rings is 2. The van der Waals surface area contributed by atoms with Crippen molar-refractivity contribution in [3.8, 4) is 17.6 Å². The number of hydrogen-bond donors (Lipinski definition) is 0. The monoisotopic (exact) mass is 321 g/mol. The van der Waals surface area contributed by atoms with Crippen LogP contribution in [0, 0.1) is 11.3 Å². The molecule has 0 radical (unpaired) electrons. The van der Waals surface area contributed by atoms with Gasteiger partial charge < -0.3 is 9.47 Å². The second-order valence-corrected chi connectivity index (χ2v) is 5.08. The summed E-state index contributed by atoms with van der Waals surface area (Å²) in [5.74, 6) is 1.14. The van der Waals surface area contributed by atoms with Crippen LogP contribution in [0.15, 0.2) is 42.5 Å². The summed E-state index contributed by atoms with van der Waals surface area (Å²) in [5.41, 5.74) is 0.524. The molecule has 2 aromatic carbocycles. The van der Waals surface area contributed by atoms with E-state index in [-0.39, 0.29) is 0 Å². The average Bonchev–Trinajstić information content (AvgIpc) is 2.50. The lowest BCUT2D eigenvalue weighted by atomic mass is 10.2. The highest BCUT2D eigenvalue weighted by molar-refractivity contribution is 6.34. The van der Waals surface area contributed by atoms with Crippen LogP contribution in [-0.4, -0.2) is 13.2 Å². The highest BCUT2D eigenvalue weighted by Gasteiger charge is 2.04. The van der Waals surface area contributed by atoms with Gasteiger partial charge in [0.15, 0.2) is 0 Å². The van der Waals surface area contributed by atoms with Crippen molar-refractivity contribution in [2.75, 3.05) is 13.2 Å². The highest BCUT2D eigenvalue weighted by Crippen LogP contribution is 2.27. The van der Waals surface area contributed by atoms with E-state index < -0.39 is 0 Å². The first-order chi connectivity index (χ1) is 10.2. The van der Waals surface area contributed by atoms with Crippen LogP contribution < -0.4 is 9.47 Å². The second-order valence-electron chi connectivity index (χ2n) is 4.23. The third kappa shape index (κ3) is 4.56. The first-order valence-corrected chi connectivity index (χ1v) is 7.16. The molecule has 0 bridgehead atoms. The predicted molar refractivity (Wildman–Crippen MR) is 83.2 cm³/mol. The molecule has 0 spiro atoms. The van der Waals surface area contributed by atoms with Crippen molar-refractivity contribution in [3.63, 3.8) is 0 Å².